The molecular weight excluding hydrogens is 448 g/mol. The highest BCUT2D eigenvalue weighted by Crippen LogP contribution is 2.23. The van der Waals surface area contributed by atoms with Gasteiger partial charge in [-0.2, -0.15) is 9.97 Å². The van der Waals surface area contributed by atoms with Gasteiger partial charge in [-0.1, -0.05) is 34.6 Å². The Bertz CT molecular complexity index is 1160. The number of nitrogens with zero attached hydrogens (tertiary/aromatic N) is 6. The van der Waals surface area contributed by atoms with Crippen molar-refractivity contribution in [1.29, 1.82) is 0 Å². The standard InChI is InChI=1S/C25H28N6O4/c1-32-20-8-3-6-18(14-20)24-26-22(34-28-24)16-30-10-5-11-31(13-12-30)17-23-27-25(29-35-23)19-7-4-9-21(15-19)33-2/h3-4,6-9,14-15H,5,10-13,16-17H2,1-2H3. The predicted octanol–water partition coefficient (Wildman–Crippen LogP) is 3.51. The van der Waals surface area contributed by atoms with Gasteiger partial charge >= 0.3 is 0 Å². The van der Waals surface area contributed by atoms with Gasteiger partial charge in [-0.15, -0.1) is 0 Å². The summed E-state index contributed by atoms with van der Waals surface area (Å²) in [7, 11) is 3.28. The van der Waals surface area contributed by atoms with Crippen molar-refractivity contribution >= 4 is 0 Å². The van der Waals surface area contributed by atoms with Crippen molar-refractivity contribution in [3.05, 3.63) is 60.3 Å². The number of hydrogen-bond donors (Lipinski definition) is 0. The zero-order chi connectivity index (χ0) is 24.0. The third-order valence-electron chi connectivity index (χ3n) is 5.99. The molecule has 0 N–H and O–H groups in total. The highest BCUT2D eigenvalue weighted by molar-refractivity contribution is 5.57. The maximum atomic E-state index is 5.52. The van der Waals surface area contributed by atoms with Crippen LogP contribution in [-0.2, 0) is 13.1 Å². The van der Waals surface area contributed by atoms with Crippen LogP contribution in [0.15, 0.2) is 57.6 Å². The van der Waals surface area contributed by atoms with Gasteiger partial charge in [0.2, 0.25) is 23.4 Å². The van der Waals surface area contributed by atoms with Crippen molar-refractivity contribution < 1.29 is 18.5 Å². The third kappa shape index (κ3) is 5.67. The predicted molar refractivity (Wildman–Crippen MR) is 128 cm³/mol. The minimum atomic E-state index is 0.568. The van der Waals surface area contributed by atoms with Gasteiger partial charge in [-0.3, -0.25) is 9.80 Å². The van der Waals surface area contributed by atoms with Crippen LogP contribution in [0.3, 0.4) is 0 Å². The first-order valence-electron chi connectivity index (χ1n) is 11.6. The first kappa shape index (κ1) is 23.0. The molecule has 0 unspecified atom stereocenters. The van der Waals surface area contributed by atoms with Gasteiger partial charge in [0, 0.05) is 24.2 Å². The van der Waals surface area contributed by atoms with Gasteiger partial charge in [0.25, 0.3) is 0 Å². The molecule has 0 amide bonds. The molecule has 182 valence electrons. The van der Waals surface area contributed by atoms with Crippen molar-refractivity contribution in [2.24, 2.45) is 0 Å². The van der Waals surface area contributed by atoms with Crippen LogP contribution in [0.25, 0.3) is 22.8 Å². The Morgan fingerprint density at radius 3 is 1.66 bits per heavy atom. The van der Waals surface area contributed by atoms with Crippen LogP contribution in [0.4, 0.5) is 0 Å². The van der Waals surface area contributed by atoms with Gasteiger partial charge in [0.15, 0.2) is 0 Å². The Hall–Kier alpha value is -3.76. The number of methoxy groups -OCH3 is 2. The van der Waals surface area contributed by atoms with Crippen LogP contribution in [0.5, 0.6) is 11.5 Å². The normalized spacial score (nSPS) is 15.1. The van der Waals surface area contributed by atoms with Gasteiger partial charge in [-0.05, 0) is 43.8 Å². The molecule has 0 atom stereocenters. The topological polar surface area (TPSA) is 103 Å². The largest absolute Gasteiger partial charge is 0.497 e. The summed E-state index contributed by atoms with van der Waals surface area (Å²) in [5.41, 5.74) is 1.74. The molecule has 4 aromatic rings. The summed E-state index contributed by atoms with van der Waals surface area (Å²) in [5, 5.41) is 8.29. The maximum absolute atomic E-state index is 5.52. The fourth-order valence-corrected chi connectivity index (χ4v) is 4.12. The molecule has 1 saturated heterocycles. The Morgan fingerprint density at radius 2 is 1.20 bits per heavy atom. The van der Waals surface area contributed by atoms with E-state index >= 15 is 0 Å². The molecule has 0 spiro atoms. The van der Waals surface area contributed by atoms with Gasteiger partial charge < -0.3 is 18.5 Å². The zero-order valence-electron chi connectivity index (χ0n) is 19.9. The van der Waals surface area contributed by atoms with Crippen LogP contribution in [0, 0.1) is 0 Å². The Kier molecular flexibility index (Phi) is 7.01. The summed E-state index contributed by atoms with van der Waals surface area (Å²) in [6, 6.07) is 15.3. The second-order valence-electron chi connectivity index (χ2n) is 8.39. The monoisotopic (exact) mass is 476 g/mol. The fraction of sp³-hybridized carbons (Fsp3) is 0.360. The summed E-state index contributed by atoms with van der Waals surface area (Å²) in [6.07, 6.45) is 1.02. The zero-order valence-corrected chi connectivity index (χ0v) is 19.9. The first-order chi connectivity index (χ1) is 17.2. The second kappa shape index (κ2) is 10.7. The number of rotatable bonds is 8. The van der Waals surface area contributed by atoms with Gasteiger partial charge in [-0.25, -0.2) is 0 Å². The van der Waals surface area contributed by atoms with E-state index < -0.39 is 0 Å². The number of aromatic nitrogens is 4. The molecule has 3 heterocycles. The average molecular weight is 477 g/mol. The van der Waals surface area contributed by atoms with Crippen molar-refractivity contribution in [3.63, 3.8) is 0 Å². The minimum Gasteiger partial charge on any atom is -0.497 e. The summed E-state index contributed by atoms with van der Waals surface area (Å²) in [5.74, 6) is 3.88. The lowest BCUT2D eigenvalue weighted by Crippen LogP contribution is -2.30. The van der Waals surface area contributed by atoms with E-state index in [9.17, 15) is 0 Å². The fourth-order valence-electron chi connectivity index (χ4n) is 4.12. The van der Waals surface area contributed by atoms with Crippen LogP contribution in [-0.4, -0.2) is 70.5 Å². The van der Waals surface area contributed by atoms with E-state index in [0.717, 1.165) is 55.2 Å². The van der Waals surface area contributed by atoms with E-state index in [1.54, 1.807) is 14.2 Å². The van der Waals surface area contributed by atoms with Crippen molar-refractivity contribution in [2.45, 2.75) is 19.5 Å². The quantitative estimate of drug-likeness (QED) is 0.375. The van der Waals surface area contributed by atoms with E-state index in [4.69, 9.17) is 18.5 Å². The molecule has 35 heavy (non-hydrogen) atoms. The van der Waals surface area contributed by atoms with Crippen molar-refractivity contribution in [2.75, 3.05) is 40.4 Å². The lowest BCUT2D eigenvalue weighted by atomic mass is 10.2. The molecule has 1 aliphatic heterocycles. The van der Waals surface area contributed by atoms with E-state index in [0.29, 0.717) is 36.5 Å². The SMILES string of the molecule is COc1cccc(-c2noc(CN3CCCN(Cc4nc(-c5cccc(OC)c5)no4)CC3)n2)c1. The summed E-state index contributed by atoms with van der Waals surface area (Å²) >= 11 is 0. The Morgan fingerprint density at radius 1 is 0.714 bits per heavy atom. The lowest BCUT2D eigenvalue weighted by Gasteiger charge is -2.19. The van der Waals surface area contributed by atoms with E-state index in [1.165, 1.54) is 0 Å². The first-order valence-corrected chi connectivity index (χ1v) is 11.6. The molecule has 0 radical (unpaired) electrons. The van der Waals surface area contributed by atoms with Crippen molar-refractivity contribution in [3.8, 4) is 34.3 Å². The lowest BCUT2D eigenvalue weighted by molar-refractivity contribution is 0.210. The molecule has 0 bridgehead atoms. The van der Waals surface area contributed by atoms with E-state index in [2.05, 4.69) is 30.1 Å². The Labute approximate surface area is 203 Å². The maximum Gasteiger partial charge on any atom is 0.241 e. The molecule has 2 aromatic carbocycles. The minimum absolute atomic E-state index is 0.568. The van der Waals surface area contributed by atoms with Crippen LogP contribution in [0.1, 0.15) is 18.2 Å². The summed E-state index contributed by atoms with van der Waals surface area (Å²) < 4.78 is 21.6. The summed E-state index contributed by atoms with van der Waals surface area (Å²) in [6.45, 7) is 4.90. The molecule has 10 heteroatoms. The van der Waals surface area contributed by atoms with Crippen molar-refractivity contribution in [1.82, 2.24) is 30.1 Å². The summed E-state index contributed by atoms with van der Waals surface area (Å²) in [4.78, 5) is 13.8. The molecule has 5 rings (SSSR count). The highest BCUT2D eigenvalue weighted by Gasteiger charge is 2.20. The molecule has 1 aliphatic rings. The highest BCUT2D eigenvalue weighted by atomic mass is 16.5. The molecular formula is C25H28N6O4. The Balaban J connectivity index is 1.16. The second-order valence-corrected chi connectivity index (χ2v) is 8.39. The van der Waals surface area contributed by atoms with E-state index in [-0.39, 0.29) is 0 Å². The number of ether oxygens (including phenoxy) is 2. The number of hydrogen-bond acceptors (Lipinski definition) is 10. The van der Waals surface area contributed by atoms with Gasteiger partial charge in [0.05, 0.1) is 27.3 Å². The number of benzene rings is 2. The molecule has 2 aromatic heterocycles. The molecule has 0 saturated carbocycles. The van der Waals surface area contributed by atoms with E-state index in [1.807, 2.05) is 48.5 Å². The van der Waals surface area contributed by atoms with Crippen LogP contribution in [0.2, 0.25) is 0 Å². The van der Waals surface area contributed by atoms with Crippen LogP contribution >= 0.6 is 0 Å². The molecule has 0 aliphatic carbocycles. The smallest absolute Gasteiger partial charge is 0.241 e. The van der Waals surface area contributed by atoms with Gasteiger partial charge in [0.1, 0.15) is 11.5 Å². The molecule has 1 fully saturated rings. The average Bonchev–Trinajstić information content (AvgIpc) is 3.51. The third-order valence-corrected chi connectivity index (χ3v) is 5.99. The van der Waals surface area contributed by atoms with Crippen LogP contribution < -0.4 is 9.47 Å². The molecule has 10 nitrogen and oxygen atoms in total.